The molecule has 1 aliphatic rings. The first kappa shape index (κ1) is 20.1. The predicted molar refractivity (Wildman–Crippen MR) is 117 cm³/mol. The molecule has 8 nitrogen and oxygen atoms in total. The second kappa shape index (κ2) is 9.15. The molecule has 0 spiro atoms. The molecule has 0 radical (unpaired) electrons. The molecule has 0 atom stereocenters. The van der Waals surface area contributed by atoms with Gasteiger partial charge in [-0.2, -0.15) is 4.98 Å². The van der Waals surface area contributed by atoms with E-state index in [2.05, 4.69) is 15.1 Å². The lowest BCUT2D eigenvalue weighted by Gasteiger charge is -2.30. The second-order valence-electron chi connectivity index (χ2n) is 7.62. The molecule has 0 aliphatic carbocycles. The number of pyridine rings is 1. The van der Waals surface area contributed by atoms with Crippen LogP contribution in [0, 0.1) is 0 Å². The molecule has 1 saturated heterocycles. The van der Waals surface area contributed by atoms with Crippen molar-refractivity contribution in [2.75, 3.05) is 13.1 Å². The lowest BCUT2D eigenvalue weighted by atomic mass is 10.1. The minimum Gasteiger partial charge on any atom is -0.410 e. The number of nitrogens with zero attached hydrogens (tertiary/aromatic N) is 4. The van der Waals surface area contributed by atoms with Crippen LogP contribution in [0.3, 0.4) is 0 Å². The van der Waals surface area contributed by atoms with E-state index in [1.807, 2.05) is 54.6 Å². The van der Waals surface area contributed by atoms with Gasteiger partial charge in [0.25, 0.3) is 5.89 Å². The molecule has 0 saturated carbocycles. The highest BCUT2D eigenvalue weighted by Gasteiger charge is 2.25. The van der Waals surface area contributed by atoms with Crippen LogP contribution >= 0.6 is 0 Å². The van der Waals surface area contributed by atoms with Gasteiger partial charge < -0.3 is 18.9 Å². The number of amides is 1. The van der Waals surface area contributed by atoms with Gasteiger partial charge in [0.15, 0.2) is 0 Å². The van der Waals surface area contributed by atoms with Gasteiger partial charge >= 0.3 is 6.09 Å². The largest absolute Gasteiger partial charge is 0.415 e. The van der Waals surface area contributed by atoms with Gasteiger partial charge in [-0.3, -0.25) is 4.98 Å². The van der Waals surface area contributed by atoms with Gasteiger partial charge in [-0.15, -0.1) is 0 Å². The van der Waals surface area contributed by atoms with Crippen LogP contribution in [0.15, 0.2) is 71.5 Å². The van der Waals surface area contributed by atoms with Crippen molar-refractivity contribution in [1.29, 1.82) is 0 Å². The highest BCUT2D eigenvalue weighted by atomic mass is 16.6. The monoisotopic (exact) mass is 430 g/mol. The number of benzene rings is 2. The van der Waals surface area contributed by atoms with Crippen molar-refractivity contribution in [1.82, 2.24) is 20.0 Å². The molecule has 1 aliphatic heterocycles. The van der Waals surface area contributed by atoms with E-state index in [-0.39, 0.29) is 18.8 Å². The fourth-order valence-corrected chi connectivity index (χ4v) is 3.72. The third kappa shape index (κ3) is 4.60. The number of rotatable bonds is 5. The molecule has 2 aromatic carbocycles. The van der Waals surface area contributed by atoms with E-state index in [1.165, 1.54) is 0 Å². The maximum absolute atomic E-state index is 12.6. The zero-order valence-corrected chi connectivity index (χ0v) is 17.4. The third-order valence-electron chi connectivity index (χ3n) is 5.48. The van der Waals surface area contributed by atoms with Crippen molar-refractivity contribution in [2.24, 2.45) is 0 Å². The van der Waals surface area contributed by atoms with Crippen LogP contribution < -0.4 is 4.74 Å². The molecule has 162 valence electrons. The molecule has 0 N–H and O–H groups in total. The van der Waals surface area contributed by atoms with Crippen LogP contribution in [0.1, 0.15) is 18.7 Å². The third-order valence-corrected chi connectivity index (χ3v) is 5.48. The summed E-state index contributed by atoms with van der Waals surface area (Å²) in [7, 11) is 0. The molecule has 1 fully saturated rings. The molecular weight excluding hydrogens is 408 g/mol. The van der Waals surface area contributed by atoms with Crippen LogP contribution in [-0.4, -0.2) is 45.3 Å². The Morgan fingerprint density at radius 3 is 2.62 bits per heavy atom. The number of likely N-dealkylation sites (tertiary alicyclic amines) is 1. The van der Waals surface area contributed by atoms with Crippen molar-refractivity contribution in [3.8, 4) is 17.1 Å². The summed E-state index contributed by atoms with van der Waals surface area (Å²) in [5.74, 6) is 1.49. The van der Waals surface area contributed by atoms with Crippen molar-refractivity contribution in [3.63, 3.8) is 0 Å². The quantitative estimate of drug-likeness (QED) is 0.461. The van der Waals surface area contributed by atoms with Crippen molar-refractivity contribution in [3.05, 3.63) is 72.9 Å². The summed E-state index contributed by atoms with van der Waals surface area (Å²) >= 11 is 0. The Hall–Kier alpha value is -3.78. The number of fused-ring (bicyclic) bond motifs is 1. The van der Waals surface area contributed by atoms with Crippen LogP contribution in [-0.2, 0) is 11.3 Å². The lowest BCUT2D eigenvalue weighted by Crippen LogP contribution is -2.42. The predicted octanol–water partition coefficient (Wildman–Crippen LogP) is 4.46. The Morgan fingerprint density at radius 1 is 1.03 bits per heavy atom. The van der Waals surface area contributed by atoms with E-state index < -0.39 is 0 Å². The van der Waals surface area contributed by atoms with E-state index in [0.29, 0.717) is 30.6 Å². The molecule has 8 heteroatoms. The number of carbonyl (C=O) groups excluding carboxylic acids is 1. The average Bonchev–Trinajstić information content (AvgIpc) is 3.33. The Balaban J connectivity index is 1.10. The van der Waals surface area contributed by atoms with Gasteiger partial charge in [0.2, 0.25) is 5.82 Å². The minimum atomic E-state index is -0.336. The molecular formula is C24H22N4O4. The maximum atomic E-state index is 12.6. The number of ether oxygens (including phenoxy) is 2. The van der Waals surface area contributed by atoms with Gasteiger partial charge in [0.05, 0.1) is 6.10 Å². The number of carbonyl (C=O) groups is 1. The Bertz CT molecular complexity index is 1200. The highest BCUT2D eigenvalue weighted by Crippen LogP contribution is 2.23. The van der Waals surface area contributed by atoms with Gasteiger partial charge in [-0.25, -0.2) is 4.79 Å². The summed E-state index contributed by atoms with van der Waals surface area (Å²) in [4.78, 5) is 22.6. The fourth-order valence-electron chi connectivity index (χ4n) is 3.72. The molecule has 3 heterocycles. The van der Waals surface area contributed by atoms with Crippen LogP contribution in [0.5, 0.6) is 5.75 Å². The van der Waals surface area contributed by atoms with E-state index >= 15 is 0 Å². The zero-order chi connectivity index (χ0) is 21.8. The van der Waals surface area contributed by atoms with E-state index in [9.17, 15) is 4.79 Å². The second-order valence-corrected chi connectivity index (χ2v) is 7.62. The van der Waals surface area contributed by atoms with E-state index in [0.717, 1.165) is 29.2 Å². The Morgan fingerprint density at radius 2 is 1.81 bits per heavy atom. The summed E-state index contributed by atoms with van der Waals surface area (Å²) in [6.45, 7) is 1.39. The summed E-state index contributed by atoms with van der Waals surface area (Å²) in [6, 6.07) is 17.3. The summed E-state index contributed by atoms with van der Waals surface area (Å²) in [6.07, 6.45) is 4.49. The Labute approximate surface area is 184 Å². The summed E-state index contributed by atoms with van der Waals surface area (Å²) < 4.78 is 16.8. The van der Waals surface area contributed by atoms with Crippen LogP contribution in [0.4, 0.5) is 4.79 Å². The molecule has 5 rings (SSSR count). The average molecular weight is 430 g/mol. The first-order chi connectivity index (χ1) is 15.7. The summed E-state index contributed by atoms with van der Waals surface area (Å²) in [5, 5.41) is 6.13. The van der Waals surface area contributed by atoms with Gasteiger partial charge in [0.1, 0.15) is 12.4 Å². The fraction of sp³-hybridized carbons (Fsp3) is 0.250. The molecule has 0 bridgehead atoms. The van der Waals surface area contributed by atoms with Crippen molar-refractivity contribution < 1.29 is 18.8 Å². The van der Waals surface area contributed by atoms with E-state index in [4.69, 9.17) is 14.0 Å². The van der Waals surface area contributed by atoms with Gasteiger partial charge in [-0.1, -0.05) is 35.5 Å². The van der Waals surface area contributed by atoms with Crippen LogP contribution in [0.25, 0.3) is 22.2 Å². The zero-order valence-electron chi connectivity index (χ0n) is 17.4. The first-order valence-electron chi connectivity index (χ1n) is 10.5. The van der Waals surface area contributed by atoms with Gasteiger partial charge in [0, 0.05) is 31.0 Å². The highest BCUT2D eigenvalue weighted by molar-refractivity contribution is 5.84. The van der Waals surface area contributed by atoms with Gasteiger partial charge in [-0.05, 0) is 47.9 Å². The number of piperidine rings is 1. The number of hydrogen-bond donors (Lipinski definition) is 0. The molecule has 2 aromatic heterocycles. The SMILES string of the molecule is O=C(Oc1ccc2ccccc2c1)N1CCC(OCc2nc(-c3ccncc3)no2)CC1. The van der Waals surface area contributed by atoms with E-state index in [1.54, 1.807) is 17.3 Å². The van der Waals surface area contributed by atoms with Crippen molar-refractivity contribution in [2.45, 2.75) is 25.6 Å². The number of hydrogen-bond acceptors (Lipinski definition) is 7. The molecule has 1 amide bonds. The van der Waals surface area contributed by atoms with Crippen LogP contribution in [0.2, 0.25) is 0 Å². The lowest BCUT2D eigenvalue weighted by molar-refractivity contribution is -0.00890. The molecule has 4 aromatic rings. The Kier molecular flexibility index (Phi) is 5.76. The first-order valence-corrected chi connectivity index (χ1v) is 10.5. The minimum absolute atomic E-state index is 0.0241. The molecule has 32 heavy (non-hydrogen) atoms. The topological polar surface area (TPSA) is 90.6 Å². The maximum Gasteiger partial charge on any atom is 0.415 e. The smallest absolute Gasteiger partial charge is 0.410 e. The normalized spacial score (nSPS) is 14.6. The number of aromatic nitrogens is 3. The summed E-state index contributed by atoms with van der Waals surface area (Å²) in [5.41, 5.74) is 0.841. The molecule has 0 unspecified atom stereocenters. The van der Waals surface area contributed by atoms with Crippen molar-refractivity contribution >= 4 is 16.9 Å². The standard InChI is InChI=1S/C24H22N4O4/c29-24(31-21-6-5-17-3-1-2-4-19(17)15-21)28-13-9-20(10-14-28)30-16-22-26-23(27-32-22)18-7-11-25-12-8-18/h1-8,11-12,15,20H,9-10,13-14,16H2.